The first-order chi connectivity index (χ1) is 3.31. The molecule has 0 aromatic heterocycles. The van der Waals surface area contributed by atoms with Gasteiger partial charge in [0, 0.05) is 11.0 Å². The van der Waals surface area contributed by atoms with E-state index >= 15 is 0 Å². The molecule has 0 amide bonds. The quantitative estimate of drug-likeness (QED) is 0.570. The highest BCUT2D eigenvalue weighted by molar-refractivity contribution is 8.00. The molecule has 0 spiro atoms. The Bertz CT molecular complexity index is 37.1. The molecule has 0 aliphatic carbocycles. The van der Waals surface area contributed by atoms with Crippen molar-refractivity contribution in [2.75, 3.05) is 11.5 Å². The van der Waals surface area contributed by atoms with Crippen LogP contribution in [0.25, 0.3) is 0 Å². The Morgan fingerprint density at radius 1 is 1.86 bits per heavy atom. The lowest BCUT2D eigenvalue weighted by Gasteiger charge is -2.01. The molecule has 2 radical (unpaired) electrons. The maximum absolute atomic E-state index is 4.79. The van der Waals surface area contributed by atoms with Crippen LogP contribution in [-0.2, 0) is 0 Å². The highest BCUT2D eigenvalue weighted by Crippen LogP contribution is 2.09. The number of thioether (sulfide) groups is 1. The van der Waals surface area contributed by atoms with Crippen LogP contribution in [0.4, 0.5) is 0 Å². The van der Waals surface area contributed by atoms with Gasteiger partial charge in [0.15, 0.2) is 0 Å². The molecule has 7 heavy (non-hydrogen) atoms. The van der Waals surface area contributed by atoms with Crippen LogP contribution in [0.15, 0.2) is 0 Å². The van der Waals surface area contributed by atoms with Crippen LogP contribution in [0.1, 0.15) is 6.92 Å². The minimum atomic E-state index is 0.618. The third-order valence-electron chi connectivity index (χ3n) is 0.637. The lowest BCUT2D eigenvalue weighted by atomic mass is 10.6. The van der Waals surface area contributed by atoms with Crippen LogP contribution < -0.4 is 0 Å². The van der Waals surface area contributed by atoms with Gasteiger partial charge in [-0.15, -0.1) is 0 Å². The second-order valence-electron chi connectivity index (χ2n) is 1.35. The molecule has 0 nitrogen and oxygen atoms in total. The Balaban J connectivity index is 2.83. The molecule has 0 aromatic carbocycles. The Morgan fingerprint density at radius 2 is 2.43 bits per heavy atom. The van der Waals surface area contributed by atoms with Gasteiger partial charge in [0.1, 0.15) is 0 Å². The summed E-state index contributed by atoms with van der Waals surface area (Å²) in [6.07, 6.45) is 0. The molecule has 0 aromatic rings. The van der Waals surface area contributed by atoms with Gasteiger partial charge < -0.3 is 0 Å². The van der Waals surface area contributed by atoms with Gasteiger partial charge in [0.2, 0.25) is 0 Å². The average molecular weight is 134 g/mol. The van der Waals surface area contributed by atoms with Crippen molar-refractivity contribution in [1.29, 1.82) is 0 Å². The predicted octanol–water partition coefficient (Wildman–Crippen LogP) is 2.14. The fraction of sp³-hybridized carbons (Fsp3) is 0.800. The van der Waals surface area contributed by atoms with Gasteiger partial charge in [-0.25, -0.2) is 0 Å². The fourth-order valence-corrected chi connectivity index (χ4v) is 1.04. The molecule has 0 saturated carbocycles. The molecule has 0 heterocycles. The van der Waals surface area contributed by atoms with Crippen molar-refractivity contribution < 1.29 is 0 Å². The maximum atomic E-state index is 4.79. The fourth-order valence-electron chi connectivity index (χ4n) is 0.249. The number of rotatable bonds is 3. The van der Waals surface area contributed by atoms with Gasteiger partial charge in [-0.1, -0.05) is 19.6 Å². The molecule has 0 aliphatic heterocycles. The van der Waals surface area contributed by atoms with Gasteiger partial charge >= 0.3 is 0 Å². The zero-order valence-corrected chi connectivity index (χ0v) is 6.15. The van der Waals surface area contributed by atoms with Crippen molar-refractivity contribution in [1.82, 2.24) is 0 Å². The Hall–Kier alpha value is 0.700. The van der Waals surface area contributed by atoms with Crippen molar-refractivity contribution in [2.24, 2.45) is 0 Å². The SMILES string of the molecule is [CH2]CSC(C)C[S]. The van der Waals surface area contributed by atoms with Crippen molar-refractivity contribution in [2.45, 2.75) is 12.2 Å². The molecule has 0 fully saturated rings. The molecule has 0 N–H and O–H groups in total. The summed E-state index contributed by atoms with van der Waals surface area (Å²) in [6, 6.07) is 0. The van der Waals surface area contributed by atoms with Gasteiger partial charge in [-0.3, -0.25) is 0 Å². The summed E-state index contributed by atoms with van der Waals surface area (Å²) in [6.45, 7) is 5.82. The van der Waals surface area contributed by atoms with Crippen molar-refractivity contribution >= 4 is 24.4 Å². The molecular formula is C5H10S2. The van der Waals surface area contributed by atoms with Crippen LogP contribution in [-0.4, -0.2) is 16.8 Å². The van der Waals surface area contributed by atoms with Crippen molar-refractivity contribution in [3.63, 3.8) is 0 Å². The summed E-state index contributed by atoms with van der Waals surface area (Å²) in [4.78, 5) is 0. The lowest BCUT2D eigenvalue weighted by molar-refractivity contribution is 1.14. The van der Waals surface area contributed by atoms with E-state index in [0.29, 0.717) is 5.25 Å². The minimum absolute atomic E-state index is 0.618. The molecule has 1 unspecified atom stereocenters. The smallest absolute Gasteiger partial charge is 0.0154 e. The third-order valence-corrected chi connectivity index (χ3v) is 2.32. The molecule has 0 bridgehead atoms. The van der Waals surface area contributed by atoms with E-state index in [0.717, 1.165) is 11.5 Å². The summed E-state index contributed by atoms with van der Waals surface area (Å²) in [5.74, 6) is 1.79. The molecule has 0 saturated heterocycles. The van der Waals surface area contributed by atoms with Crippen LogP contribution in [0.2, 0.25) is 0 Å². The van der Waals surface area contributed by atoms with Gasteiger partial charge in [-0.05, 0) is 12.7 Å². The van der Waals surface area contributed by atoms with E-state index in [1.807, 2.05) is 11.8 Å². The molecular weight excluding hydrogens is 124 g/mol. The molecule has 1 atom stereocenters. The summed E-state index contributed by atoms with van der Waals surface area (Å²) >= 11 is 6.61. The van der Waals surface area contributed by atoms with E-state index < -0.39 is 0 Å². The Labute approximate surface area is 55.5 Å². The zero-order chi connectivity index (χ0) is 5.70. The molecule has 0 aliphatic rings. The van der Waals surface area contributed by atoms with E-state index in [9.17, 15) is 0 Å². The summed E-state index contributed by atoms with van der Waals surface area (Å²) in [7, 11) is 0. The van der Waals surface area contributed by atoms with Crippen LogP contribution >= 0.6 is 24.4 Å². The van der Waals surface area contributed by atoms with Gasteiger partial charge in [0.05, 0.1) is 0 Å². The Morgan fingerprint density at radius 3 is 2.57 bits per heavy atom. The summed E-state index contributed by atoms with van der Waals surface area (Å²) in [5.41, 5.74) is 0. The topological polar surface area (TPSA) is 0 Å². The van der Waals surface area contributed by atoms with Gasteiger partial charge in [0.25, 0.3) is 0 Å². The van der Waals surface area contributed by atoms with E-state index in [-0.39, 0.29) is 0 Å². The summed E-state index contributed by atoms with van der Waals surface area (Å²) < 4.78 is 0. The number of hydrogen-bond donors (Lipinski definition) is 0. The van der Waals surface area contributed by atoms with E-state index in [1.54, 1.807) is 0 Å². The van der Waals surface area contributed by atoms with E-state index in [2.05, 4.69) is 13.8 Å². The molecule has 2 heteroatoms. The predicted molar refractivity (Wildman–Crippen MR) is 39.7 cm³/mol. The van der Waals surface area contributed by atoms with E-state index in [1.165, 1.54) is 0 Å². The van der Waals surface area contributed by atoms with Crippen molar-refractivity contribution in [3.05, 3.63) is 6.92 Å². The normalized spacial score (nSPS) is 14.1. The zero-order valence-electron chi connectivity index (χ0n) is 4.52. The third kappa shape index (κ3) is 4.56. The highest BCUT2D eigenvalue weighted by Gasteiger charge is 1.94. The first kappa shape index (κ1) is 7.70. The largest absolute Gasteiger partial charge is 0.158 e. The van der Waals surface area contributed by atoms with Crippen molar-refractivity contribution in [3.8, 4) is 0 Å². The molecule has 0 rings (SSSR count). The van der Waals surface area contributed by atoms with E-state index in [4.69, 9.17) is 12.6 Å². The second kappa shape index (κ2) is 4.85. The lowest BCUT2D eigenvalue weighted by Crippen LogP contribution is -1.96. The second-order valence-corrected chi connectivity index (χ2v) is 3.23. The van der Waals surface area contributed by atoms with Crippen LogP contribution in [0.3, 0.4) is 0 Å². The number of hydrogen-bond acceptors (Lipinski definition) is 1. The monoisotopic (exact) mass is 134 g/mol. The van der Waals surface area contributed by atoms with Crippen LogP contribution in [0, 0.1) is 6.92 Å². The Kier molecular flexibility index (Phi) is 5.33. The first-order valence-corrected chi connectivity index (χ1v) is 3.92. The van der Waals surface area contributed by atoms with Crippen LogP contribution in [0.5, 0.6) is 0 Å². The maximum Gasteiger partial charge on any atom is 0.0154 e. The standard InChI is InChI=1S/C5H10S2/c1-3-7-5(2)4-6/h5H,1,3-4H2,2H3. The van der Waals surface area contributed by atoms with Gasteiger partial charge in [-0.2, -0.15) is 11.8 Å². The minimum Gasteiger partial charge on any atom is -0.158 e. The highest BCUT2D eigenvalue weighted by atomic mass is 32.2. The summed E-state index contributed by atoms with van der Waals surface area (Å²) in [5, 5.41) is 0.618. The molecule has 42 valence electrons. The average Bonchev–Trinajstić information content (AvgIpc) is 1.68. The first-order valence-electron chi connectivity index (χ1n) is 2.30.